The van der Waals surface area contributed by atoms with Gasteiger partial charge in [0, 0.05) is 19.5 Å². The average Bonchev–Trinajstić information content (AvgIpc) is 3.20. The van der Waals surface area contributed by atoms with Crippen molar-refractivity contribution in [3.05, 3.63) is 66.1 Å². The SMILES string of the molecule is Cc1ccc(-c2c(OCCOc3ncc(S(C)(=O)=O)cn3)nn(C)c2NS(=O)(=O)c2ccc(C(C)C)cn2)cc1. The highest BCUT2D eigenvalue weighted by Gasteiger charge is 2.25. The minimum absolute atomic E-state index is 0.0137. The number of aromatic nitrogens is 5. The van der Waals surface area contributed by atoms with E-state index in [0.29, 0.717) is 11.1 Å². The van der Waals surface area contributed by atoms with Crippen molar-refractivity contribution in [1.29, 1.82) is 0 Å². The zero-order valence-electron chi connectivity index (χ0n) is 22.7. The average molecular weight is 587 g/mol. The zero-order valence-corrected chi connectivity index (χ0v) is 24.3. The van der Waals surface area contributed by atoms with E-state index < -0.39 is 19.9 Å². The molecule has 0 spiro atoms. The molecule has 12 nitrogen and oxygen atoms in total. The van der Waals surface area contributed by atoms with Crippen molar-refractivity contribution < 1.29 is 26.3 Å². The van der Waals surface area contributed by atoms with Gasteiger partial charge in [0.05, 0.1) is 18.0 Å². The molecule has 0 unspecified atom stereocenters. The molecular formula is C26H30N6O6S2. The van der Waals surface area contributed by atoms with Crippen LogP contribution in [0.25, 0.3) is 11.1 Å². The van der Waals surface area contributed by atoms with E-state index in [2.05, 4.69) is 24.8 Å². The van der Waals surface area contributed by atoms with E-state index in [1.54, 1.807) is 19.3 Å². The van der Waals surface area contributed by atoms with Gasteiger partial charge < -0.3 is 9.47 Å². The highest BCUT2D eigenvalue weighted by atomic mass is 32.2. The summed E-state index contributed by atoms with van der Waals surface area (Å²) in [6.45, 7) is 6.00. The van der Waals surface area contributed by atoms with E-state index >= 15 is 0 Å². The summed E-state index contributed by atoms with van der Waals surface area (Å²) in [7, 11) is -5.86. The van der Waals surface area contributed by atoms with Crippen molar-refractivity contribution in [2.75, 3.05) is 24.2 Å². The lowest BCUT2D eigenvalue weighted by Crippen LogP contribution is -2.17. The maximum Gasteiger partial charge on any atom is 0.316 e. The fraction of sp³-hybridized carbons (Fsp3) is 0.308. The summed E-state index contributed by atoms with van der Waals surface area (Å²) in [5, 5.41) is 4.28. The van der Waals surface area contributed by atoms with E-state index in [9.17, 15) is 16.8 Å². The highest BCUT2D eigenvalue weighted by molar-refractivity contribution is 7.92. The van der Waals surface area contributed by atoms with Gasteiger partial charge in [-0.3, -0.25) is 4.72 Å². The Morgan fingerprint density at radius 2 is 1.55 bits per heavy atom. The first-order valence-electron chi connectivity index (χ1n) is 12.3. The molecule has 1 aromatic carbocycles. The first-order chi connectivity index (χ1) is 18.8. The number of hydrogen-bond donors (Lipinski definition) is 1. The Morgan fingerprint density at radius 3 is 2.12 bits per heavy atom. The second kappa shape index (κ2) is 11.6. The number of anilines is 1. The van der Waals surface area contributed by atoms with Crippen LogP contribution in [0, 0.1) is 6.92 Å². The summed E-state index contributed by atoms with van der Waals surface area (Å²) in [5.74, 6) is 0.600. The summed E-state index contributed by atoms with van der Waals surface area (Å²) in [5.41, 5.74) is 3.09. The number of benzene rings is 1. The molecule has 40 heavy (non-hydrogen) atoms. The van der Waals surface area contributed by atoms with Crippen LogP contribution in [-0.4, -0.2) is 61.0 Å². The van der Waals surface area contributed by atoms with E-state index in [0.717, 1.165) is 29.8 Å². The van der Waals surface area contributed by atoms with E-state index in [-0.39, 0.29) is 46.8 Å². The summed E-state index contributed by atoms with van der Waals surface area (Å²) in [6, 6.07) is 10.7. The van der Waals surface area contributed by atoms with Crippen molar-refractivity contribution in [1.82, 2.24) is 24.7 Å². The predicted octanol–water partition coefficient (Wildman–Crippen LogP) is 3.37. The first-order valence-corrected chi connectivity index (χ1v) is 15.6. The van der Waals surface area contributed by atoms with Gasteiger partial charge in [0.1, 0.15) is 23.9 Å². The molecule has 1 N–H and O–H groups in total. The Bertz CT molecular complexity index is 1680. The quantitative estimate of drug-likeness (QED) is 0.259. The van der Waals surface area contributed by atoms with Gasteiger partial charge >= 0.3 is 6.01 Å². The van der Waals surface area contributed by atoms with Gasteiger partial charge in [0.25, 0.3) is 10.0 Å². The van der Waals surface area contributed by atoms with Crippen LogP contribution in [0.4, 0.5) is 5.82 Å². The number of pyridine rings is 1. The van der Waals surface area contributed by atoms with E-state index in [1.165, 1.54) is 10.7 Å². The van der Waals surface area contributed by atoms with Crippen LogP contribution in [0.1, 0.15) is 30.9 Å². The van der Waals surface area contributed by atoms with Crippen molar-refractivity contribution >= 4 is 25.7 Å². The molecule has 0 bridgehead atoms. The Morgan fingerprint density at radius 1 is 0.900 bits per heavy atom. The molecule has 0 radical (unpaired) electrons. The summed E-state index contributed by atoms with van der Waals surface area (Å²) in [6.07, 6.45) is 4.94. The maximum absolute atomic E-state index is 13.3. The topological polar surface area (TPSA) is 155 Å². The smallest absolute Gasteiger partial charge is 0.316 e. The van der Waals surface area contributed by atoms with Crippen LogP contribution >= 0.6 is 0 Å². The summed E-state index contributed by atoms with van der Waals surface area (Å²) in [4.78, 5) is 11.9. The fourth-order valence-electron chi connectivity index (χ4n) is 3.61. The van der Waals surface area contributed by atoms with Gasteiger partial charge in [0.2, 0.25) is 5.88 Å². The number of ether oxygens (including phenoxy) is 2. The lowest BCUT2D eigenvalue weighted by Gasteiger charge is -2.12. The largest absolute Gasteiger partial charge is 0.472 e. The standard InChI is InChI=1S/C26H30N6O6S2/c1-17(2)20-10-11-22(27-14-20)40(35,36)31-24-23(19-8-6-18(3)7-9-19)25(30-32(24)4)37-12-13-38-26-28-15-21(16-29-26)39(5,33)34/h6-11,14-17,31H,12-13H2,1-5H3. The minimum atomic E-state index is -4.04. The van der Waals surface area contributed by atoms with Gasteiger partial charge in [-0.05, 0) is 30.0 Å². The van der Waals surface area contributed by atoms with Gasteiger partial charge in [-0.15, -0.1) is 5.10 Å². The van der Waals surface area contributed by atoms with Gasteiger partial charge in [0.15, 0.2) is 14.9 Å². The molecule has 4 aromatic rings. The molecule has 0 saturated heterocycles. The normalized spacial score (nSPS) is 11.9. The molecule has 0 amide bonds. The molecule has 212 valence electrons. The molecule has 3 aromatic heterocycles. The molecule has 4 rings (SSSR count). The number of nitrogens with one attached hydrogen (secondary N) is 1. The maximum atomic E-state index is 13.3. The second-order valence-corrected chi connectivity index (χ2v) is 13.0. The summed E-state index contributed by atoms with van der Waals surface area (Å²) >= 11 is 0. The number of sulfone groups is 1. The third kappa shape index (κ3) is 6.74. The zero-order chi connectivity index (χ0) is 29.1. The molecule has 0 aliphatic rings. The highest BCUT2D eigenvalue weighted by Crippen LogP contribution is 2.37. The van der Waals surface area contributed by atoms with Crippen LogP contribution in [0.5, 0.6) is 11.9 Å². The third-order valence-corrected chi connectivity index (χ3v) is 8.19. The van der Waals surface area contributed by atoms with Crippen molar-refractivity contribution in [3.63, 3.8) is 0 Å². The molecule has 0 saturated carbocycles. The van der Waals surface area contributed by atoms with Crippen molar-refractivity contribution in [2.24, 2.45) is 7.05 Å². The Labute approximate surface area is 233 Å². The van der Waals surface area contributed by atoms with E-state index in [1.807, 2.05) is 45.0 Å². The Balaban J connectivity index is 1.56. The Hall–Kier alpha value is -4.04. The molecule has 0 aliphatic heterocycles. The Kier molecular flexibility index (Phi) is 8.40. The number of aryl methyl sites for hydroxylation is 2. The number of nitrogens with zero attached hydrogens (tertiary/aromatic N) is 5. The van der Waals surface area contributed by atoms with Crippen LogP contribution in [-0.2, 0) is 26.9 Å². The van der Waals surface area contributed by atoms with Crippen molar-refractivity contribution in [2.45, 2.75) is 36.6 Å². The van der Waals surface area contributed by atoms with Gasteiger partial charge in [-0.25, -0.2) is 28.1 Å². The number of rotatable bonds is 11. The van der Waals surface area contributed by atoms with Crippen LogP contribution < -0.4 is 14.2 Å². The first kappa shape index (κ1) is 29.0. The molecule has 0 fully saturated rings. The lowest BCUT2D eigenvalue weighted by atomic mass is 10.1. The fourth-order valence-corrected chi connectivity index (χ4v) is 5.13. The number of sulfonamides is 1. The van der Waals surface area contributed by atoms with Crippen molar-refractivity contribution in [3.8, 4) is 23.0 Å². The predicted molar refractivity (Wildman–Crippen MR) is 149 cm³/mol. The van der Waals surface area contributed by atoms with Gasteiger partial charge in [-0.1, -0.05) is 49.7 Å². The van der Waals surface area contributed by atoms with Crippen LogP contribution in [0.15, 0.2) is 64.9 Å². The van der Waals surface area contributed by atoms with Crippen LogP contribution in [0.3, 0.4) is 0 Å². The van der Waals surface area contributed by atoms with Crippen LogP contribution in [0.2, 0.25) is 0 Å². The molecule has 0 atom stereocenters. The molecule has 0 aliphatic carbocycles. The lowest BCUT2D eigenvalue weighted by molar-refractivity contribution is 0.201. The summed E-state index contributed by atoms with van der Waals surface area (Å²) < 4.78 is 65.0. The minimum Gasteiger partial charge on any atom is -0.472 e. The molecule has 14 heteroatoms. The van der Waals surface area contributed by atoms with Gasteiger partial charge in [-0.2, -0.15) is 8.42 Å². The molecular weight excluding hydrogens is 556 g/mol. The molecule has 3 heterocycles. The second-order valence-electron chi connectivity index (χ2n) is 9.38. The van der Waals surface area contributed by atoms with E-state index in [4.69, 9.17) is 9.47 Å². The monoisotopic (exact) mass is 586 g/mol. The number of hydrogen-bond acceptors (Lipinski definition) is 10. The third-order valence-electron chi connectivity index (χ3n) is 5.87.